The zero-order valence-corrected chi connectivity index (χ0v) is 19.1. The van der Waals surface area contributed by atoms with Crippen LogP contribution in [-0.2, 0) is 11.2 Å². The lowest BCUT2D eigenvalue weighted by Gasteiger charge is -2.20. The van der Waals surface area contributed by atoms with Crippen molar-refractivity contribution in [3.63, 3.8) is 0 Å². The van der Waals surface area contributed by atoms with E-state index in [0.717, 1.165) is 50.0 Å². The van der Waals surface area contributed by atoms with Gasteiger partial charge in [0, 0.05) is 31.5 Å². The number of nitrogens with zero attached hydrogens (tertiary/aromatic N) is 2. The lowest BCUT2D eigenvalue weighted by molar-refractivity contribution is -0.120. The molecule has 1 aliphatic heterocycles. The highest BCUT2D eigenvalue weighted by Gasteiger charge is 2.27. The van der Waals surface area contributed by atoms with Gasteiger partial charge in [0.1, 0.15) is 17.6 Å². The first-order valence-corrected chi connectivity index (χ1v) is 11.7. The third-order valence-corrected chi connectivity index (χ3v) is 6.14. The largest absolute Gasteiger partial charge is 0.489 e. The molecule has 0 spiro atoms. The summed E-state index contributed by atoms with van der Waals surface area (Å²) in [7, 11) is 0. The minimum Gasteiger partial charge on any atom is -0.489 e. The normalized spacial score (nSPS) is 17.0. The number of hydrogen-bond donors (Lipinski definition) is 0. The van der Waals surface area contributed by atoms with Crippen molar-refractivity contribution in [3.8, 4) is 5.75 Å². The molecule has 31 heavy (non-hydrogen) atoms. The van der Waals surface area contributed by atoms with Gasteiger partial charge in [0.05, 0.1) is 17.9 Å². The summed E-state index contributed by atoms with van der Waals surface area (Å²) in [6.45, 7) is 7.59. The molecule has 1 fully saturated rings. The third-order valence-electron chi connectivity index (χ3n) is 6.14. The molecule has 1 aromatic carbocycles. The fraction of sp³-hybridized carbons (Fsp3) is 0.538. The molecule has 0 radical (unpaired) electrons. The molecule has 2 heterocycles. The van der Waals surface area contributed by atoms with E-state index in [0.29, 0.717) is 36.6 Å². The number of aromatic nitrogens is 1. The highest BCUT2D eigenvalue weighted by atomic mass is 19.1. The van der Waals surface area contributed by atoms with E-state index >= 15 is 0 Å². The number of ketones is 1. The molecule has 0 saturated carbocycles. The lowest BCUT2D eigenvalue weighted by atomic mass is 9.94. The molecule has 1 saturated heterocycles. The first-order valence-electron chi connectivity index (χ1n) is 11.7. The maximum atomic E-state index is 14.9. The van der Waals surface area contributed by atoms with Gasteiger partial charge in [-0.2, -0.15) is 0 Å². The molecule has 0 amide bonds. The van der Waals surface area contributed by atoms with E-state index in [-0.39, 0.29) is 17.8 Å². The van der Waals surface area contributed by atoms with Gasteiger partial charge in [0.2, 0.25) is 0 Å². The number of carbonyl (C=O) groups is 1. The summed E-state index contributed by atoms with van der Waals surface area (Å²) >= 11 is 0. The van der Waals surface area contributed by atoms with E-state index in [1.807, 2.05) is 31.2 Å². The maximum absolute atomic E-state index is 14.9. The van der Waals surface area contributed by atoms with Gasteiger partial charge >= 0.3 is 0 Å². The molecule has 0 bridgehead atoms. The minimum absolute atomic E-state index is 0.0149. The average molecular weight is 427 g/mol. The topological polar surface area (TPSA) is 42.4 Å². The Morgan fingerprint density at radius 2 is 1.94 bits per heavy atom. The fourth-order valence-corrected chi connectivity index (χ4v) is 4.06. The number of unbranched alkanes of at least 4 members (excludes halogenated alkanes) is 2. The summed E-state index contributed by atoms with van der Waals surface area (Å²) in [6.07, 6.45) is 7.83. The fourth-order valence-electron chi connectivity index (χ4n) is 4.06. The summed E-state index contributed by atoms with van der Waals surface area (Å²) in [6, 6.07) is 9.62. The summed E-state index contributed by atoms with van der Waals surface area (Å²) in [5.41, 5.74) is 2.21. The SMILES string of the molecule is CCCCC(=O)C(C)c1ccc(O[C@@H]2CCN(c3ccnc(CCCC)c3F)C2)cc1. The Kier molecular flexibility index (Phi) is 8.44. The van der Waals surface area contributed by atoms with Crippen molar-refractivity contribution in [2.75, 3.05) is 18.0 Å². The Hall–Kier alpha value is -2.43. The number of Topliss-reactive ketones (excluding diaryl/α,β-unsaturated/α-hetero) is 1. The molecule has 4 nitrogen and oxygen atoms in total. The van der Waals surface area contributed by atoms with E-state index in [1.54, 1.807) is 12.3 Å². The molecule has 168 valence electrons. The van der Waals surface area contributed by atoms with Crippen molar-refractivity contribution >= 4 is 11.5 Å². The zero-order chi connectivity index (χ0) is 22.2. The smallest absolute Gasteiger partial charge is 0.167 e. The van der Waals surface area contributed by atoms with Gasteiger partial charge in [-0.15, -0.1) is 0 Å². The molecule has 2 atom stereocenters. The number of benzene rings is 1. The number of ether oxygens (including phenoxy) is 1. The van der Waals surface area contributed by atoms with Gasteiger partial charge in [-0.1, -0.05) is 45.7 Å². The Balaban J connectivity index is 1.57. The van der Waals surface area contributed by atoms with Crippen LogP contribution in [0.3, 0.4) is 0 Å². The van der Waals surface area contributed by atoms with Crippen LogP contribution in [0.2, 0.25) is 0 Å². The standard InChI is InChI=1S/C26H35FN2O2/c1-4-6-8-23-26(27)24(14-16-28-23)29-17-15-22(18-29)31-21-12-10-20(11-13-21)19(3)25(30)9-7-5-2/h10-14,16,19,22H,4-9,15,17-18H2,1-3H3/t19?,22-/m1/s1. The Morgan fingerprint density at radius 1 is 1.19 bits per heavy atom. The second-order valence-corrected chi connectivity index (χ2v) is 8.53. The maximum Gasteiger partial charge on any atom is 0.167 e. The molecule has 3 rings (SSSR count). The summed E-state index contributed by atoms with van der Waals surface area (Å²) in [5, 5.41) is 0. The number of rotatable bonds is 11. The lowest BCUT2D eigenvalue weighted by Crippen LogP contribution is -2.25. The first-order chi connectivity index (χ1) is 15.0. The van der Waals surface area contributed by atoms with Crippen LogP contribution in [0.1, 0.15) is 76.5 Å². The van der Waals surface area contributed by atoms with Crippen LogP contribution in [0.15, 0.2) is 36.5 Å². The predicted molar refractivity (Wildman–Crippen MR) is 123 cm³/mol. The van der Waals surface area contributed by atoms with E-state index in [2.05, 4.69) is 23.7 Å². The van der Waals surface area contributed by atoms with Crippen LogP contribution in [0.25, 0.3) is 0 Å². The molecule has 2 aromatic rings. The van der Waals surface area contributed by atoms with Crippen LogP contribution in [0, 0.1) is 5.82 Å². The van der Waals surface area contributed by atoms with Crippen molar-refractivity contribution in [1.29, 1.82) is 0 Å². The predicted octanol–water partition coefficient (Wildman–Crippen LogP) is 6.08. The third kappa shape index (κ3) is 6.05. The van der Waals surface area contributed by atoms with Crippen molar-refractivity contribution < 1.29 is 13.9 Å². The van der Waals surface area contributed by atoms with Crippen molar-refractivity contribution in [3.05, 3.63) is 53.6 Å². The van der Waals surface area contributed by atoms with Gasteiger partial charge in [0.25, 0.3) is 0 Å². The zero-order valence-electron chi connectivity index (χ0n) is 19.1. The van der Waals surface area contributed by atoms with E-state index in [1.165, 1.54) is 0 Å². The van der Waals surface area contributed by atoms with Gasteiger partial charge in [-0.25, -0.2) is 4.39 Å². The highest BCUT2D eigenvalue weighted by molar-refractivity contribution is 5.85. The minimum atomic E-state index is -0.192. The average Bonchev–Trinajstić information content (AvgIpc) is 3.25. The van der Waals surface area contributed by atoms with Crippen LogP contribution >= 0.6 is 0 Å². The number of hydrogen-bond acceptors (Lipinski definition) is 4. The van der Waals surface area contributed by atoms with Crippen molar-refractivity contribution in [2.45, 2.75) is 77.7 Å². The number of halogens is 1. The van der Waals surface area contributed by atoms with Crippen LogP contribution in [0.5, 0.6) is 5.75 Å². The molecule has 1 aliphatic rings. The van der Waals surface area contributed by atoms with Crippen LogP contribution < -0.4 is 9.64 Å². The molecular formula is C26H35FN2O2. The number of anilines is 1. The quantitative estimate of drug-likeness (QED) is 0.436. The molecular weight excluding hydrogens is 391 g/mol. The van der Waals surface area contributed by atoms with E-state index in [9.17, 15) is 9.18 Å². The Morgan fingerprint density at radius 3 is 2.65 bits per heavy atom. The molecule has 1 unspecified atom stereocenters. The van der Waals surface area contributed by atoms with Crippen molar-refractivity contribution in [1.82, 2.24) is 4.98 Å². The number of pyridine rings is 1. The van der Waals surface area contributed by atoms with Gasteiger partial charge < -0.3 is 9.64 Å². The van der Waals surface area contributed by atoms with E-state index < -0.39 is 0 Å². The molecule has 0 N–H and O–H groups in total. The number of aryl methyl sites for hydroxylation is 1. The van der Waals surface area contributed by atoms with Crippen LogP contribution in [0.4, 0.5) is 10.1 Å². The van der Waals surface area contributed by atoms with Crippen LogP contribution in [-0.4, -0.2) is 30.0 Å². The summed E-state index contributed by atoms with van der Waals surface area (Å²) in [5.74, 6) is 0.809. The molecule has 5 heteroatoms. The van der Waals surface area contributed by atoms with Gasteiger partial charge in [-0.3, -0.25) is 9.78 Å². The number of carbonyl (C=O) groups excluding carboxylic acids is 1. The monoisotopic (exact) mass is 426 g/mol. The first kappa shape index (κ1) is 23.2. The summed E-state index contributed by atoms with van der Waals surface area (Å²) < 4.78 is 21.0. The highest BCUT2D eigenvalue weighted by Crippen LogP contribution is 2.28. The van der Waals surface area contributed by atoms with E-state index in [4.69, 9.17) is 4.74 Å². The summed E-state index contributed by atoms with van der Waals surface area (Å²) in [4.78, 5) is 18.6. The van der Waals surface area contributed by atoms with Gasteiger partial charge in [0.15, 0.2) is 5.82 Å². The Labute approximate surface area is 185 Å². The van der Waals surface area contributed by atoms with Crippen molar-refractivity contribution in [2.24, 2.45) is 0 Å². The van der Waals surface area contributed by atoms with Gasteiger partial charge in [-0.05, 0) is 43.0 Å². The second-order valence-electron chi connectivity index (χ2n) is 8.53. The molecule has 0 aliphatic carbocycles. The molecule has 1 aromatic heterocycles. The Bertz CT molecular complexity index is 853. The second kappa shape index (κ2) is 11.3.